The summed E-state index contributed by atoms with van der Waals surface area (Å²) in [5, 5.41) is 6.68. The van der Waals surface area contributed by atoms with Crippen molar-refractivity contribution < 1.29 is 0 Å². The van der Waals surface area contributed by atoms with Crippen molar-refractivity contribution in [3.8, 4) is 0 Å². The van der Waals surface area contributed by atoms with E-state index in [1.54, 1.807) is 13.1 Å². The summed E-state index contributed by atoms with van der Waals surface area (Å²) in [6.07, 6.45) is 0. The molecule has 1 rings (SSSR count). The highest BCUT2D eigenvalue weighted by Gasteiger charge is 2.06. The third-order valence-electron chi connectivity index (χ3n) is 1.56. The van der Waals surface area contributed by atoms with Crippen molar-refractivity contribution in [2.75, 3.05) is 12.4 Å². The summed E-state index contributed by atoms with van der Waals surface area (Å²) in [5.74, 6) is 0.562. The highest BCUT2D eigenvalue weighted by Crippen LogP contribution is 2.25. The molecule has 0 saturated heterocycles. The van der Waals surface area contributed by atoms with E-state index >= 15 is 0 Å². The van der Waals surface area contributed by atoms with Gasteiger partial charge in [-0.05, 0) is 41.1 Å². The molecule has 0 bridgehead atoms. The molecule has 0 radical (unpaired) electrons. The second-order valence-electron chi connectivity index (χ2n) is 2.59. The zero-order valence-electron chi connectivity index (χ0n) is 7.69. The van der Waals surface area contributed by atoms with Crippen LogP contribution in [0.4, 0.5) is 5.82 Å². The van der Waals surface area contributed by atoms with Crippen LogP contribution in [-0.2, 0) is 0 Å². The average molecular weight is 295 g/mol. The molecule has 2 N–H and O–H groups in total. The number of nitrogens with one attached hydrogen (secondary N) is 2. The molecule has 0 amide bonds. The van der Waals surface area contributed by atoms with E-state index in [4.69, 9.17) is 23.8 Å². The van der Waals surface area contributed by atoms with E-state index in [1.807, 2.05) is 6.92 Å². The highest BCUT2D eigenvalue weighted by molar-refractivity contribution is 9.10. The standard InChI is InChI=1S/C8H9BrClN3S/c1-4-5(9)3-6(10)7(12-4)13-8(14)11-2/h3H,1-2H3,(H2,11,12,13,14). The normalized spacial score (nSPS) is 9.71. The predicted molar refractivity (Wildman–Crippen MR) is 67.0 cm³/mol. The smallest absolute Gasteiger partial charge is 0.171 e. The molecule has 1 aromatic heterocycles. The third-order valence-corrected chi connectivity index (χ3v) is 2.96. The first-order valence-corrected chi connectivity index (χ1v) is 5.44. The number of hydrogen-bond donors (Lipinski definition) is 2. The number of nitrogens with zero attached hydrogens (tertiary/aromatic N) is 1. The van der Waals surface area contributed by atoms with Crippen molar-refractivity contribution in [3.05, 3.63) is 21.3 Å². The molecule has 14 heavy (non-hydrogen) atoms. The van der Waals surface area contributed by atoms with Gasteiger partial charge in [-0.25, -0.2) is 4.98 Å². The van der Waals surface area contributed by atoms with Crippen molar-refractivity contribution in [2.45, 2.75) is 6.92 Å². The van der Waals surface area contributed by atoms with Gasteiger partial charge in [0, 0.05) is 11.5 Å². The zero-order valence-corrected chi connectivity index (χ0v) is 10.8. The molecule has 1 aromatic rings. The molecular weight excluding hydrogens is 286 g/mol. The maximum absolute atomic E-state index is 5.96. The van der Waals surface area contributed by atoms with Gasteiger partial charge in [0.1, 0.15) is 0 Å². The summed E-state index contributed by atoms with van der Waals surface area (Å²) in [7, 11) is 1.73. The van der Waals surface area contributed by atoms with Crippen LogP contribution in [0.25, 0.3) is 0 Å². The van der Waals surface area contributed by atoms with Crippen molar-refractivity contribution in [2.24, 2.45) is 0 Å². The van der Waals surface area contributed by atoms with E-state index in [1.165, 1.54) is 0 Å². The number of hydrogen-bond acceptors (Lipinski definition) is 2. The van der Waals surface area contributed by atoms with Crippen molar-refractivity contribution in [1.29, 1.82) is 0 Å². The lowest BCUT2D eigenvalue weighted by Crippen LogP contribution is -2.24. The molecule has 0 atom stereocenters. The zero-order chi connectivity index (χ0) is 10.7. The first-order valence-electron chi connectivity index (χ1n) is 3.86. The Morgan fingerprint density at radius 1 is 1.64 bits per heavy atom. The maximum Gasteiger partial charge on any atom is 0.171 e. The first kappa shape index (κ1) is 11.7. The number of halogens is 2. The fourth-order valence-corrected chi connectivity index (χ4v) is 1.56. The molecule has 0 fully saturated rings. The highest BCUT2D eigenvalue weighted by atomic mass is 79.9. The summed E-state index contributed by atoms with van der Waals surface area (Å²) in [5.41, 5.74) is 0.857. The SMILES string of the molecule is CNC(=S)Nc1nc(C)c(Br)cc1Cl. The van der Waals surface area contributed by atoms with E-state index in [2.05, 4.69) is 31.5 Å². The molecule has 0 saturated carbocycles. The minimum atomic E-state index is 0.487. The maximum atomic E-state index is 5.96. The van der Waals surface area contributed by atoms with Gasteiger partial charge in [0.05, 0.1) is 10.7 Å². The molecule has 3 nitrogen and oxygen atoms in total. The summed E-state index contributed by atoms with van der Waals surface area (Å²) in [6, 6.07) is 1.78. The van der Waals surface area contributed by atoms with E-state index in [9.17, 15) is 0 Å². The van der Waals surface area contributed by atoms with Crippen LogP contribution < -0.4 is 10.6 Å². The van der Waals surface area contributed by atoms with Crippen LogP contribution in [0.2, 0.25) is 5.02 Å². The van der Waals surface area contributed by atoms with Gasteiger partial charge in [0.2, 0.25) is 0 Å². The molecule has 0 aliphatic heterocycles. The van der Waals surface area contributed by atoms with Gasteiger partial charge in [-0.15, -0.1) is 0 Å². The molecule has 6 heteroatoms. The number of pyridine rings is 1. The van der Waals surface area contributed by atoms with Gasteiger partial charge in [-0.3, -0.25) is 0 Å². The van der Waals surface area contributed by atoms with Crippen LogP contribution in [0.1, 0.15) is 5.69 Å². The Bertz CT molecular complexity index is 370. The molecule has 1 heterocycles. The van der Waals surface area contributed by atoms with Crippen LogP contribution in [0, 0.1) is 6.92 Å². The minimum absolute atomic E-state index is 0.487. The van der Waals surface area contributed by atoms with Gasteiger partial charge >= 0.3 is 0 Å². The lowest BCUT2D eigenvalue weighted by molar-refractivity contribution is 1.16. The lowest BCUT2D eigenvalue weighted by atomic mass is 10.4. The minimum Gasteiger partial charge on any atom is -0.365 e. The largest absolute Gasteiger partial charge is 0.365 e. The fourth-order valence-electron chi connectivity index (χ4n) is 0.816. The molecule has 0 aliphatic rings. The van der Waals surface area contributed by atoms with Crippen molar-refractivity contribution in [1.82, 2.24) is 10.3 Å². The summed E-state index contributed by atoms with van der Waals surface area (Å²) >= 11 is 14.2. The fraction of sp³-hybridized carbons (Fsp3) is 0.250. The topological polar surface area (TPSA) is 37.0 Å². The summed E-state index contributed by atoms with van der Waals surface area (Å²) < 4.78 is 0.878. The second kappa shape index (κ2) is 4.91. The van der Waals surface area contributed by atoms with Crippen LogP contribution in [0.15, 0.2) is 10.5 Å². The number of aromatic nitrogens is 1. The van der Waals surface area contributed by atoms with Crippen LogP contribution in [0.5, 0.6) is 0 Å². The Morgan fingerprint density at radius 2 is 2.29 bits per heavy atom. The number of rotatable bonds is 1. The molecule has 76 valence electrons. The molecular formula is C8H9BrClN3S. The van der Waals surface area contributed by atoms with E-state index in [-0.39, 0.29) is 0 Å². The molecule has 0 aromatic carbocycles. The van der Waals surface area contributed by atoms with Crippen molar-refractivity contribution >= 4 is 50.7 Å². The van der Waals surface area contributed by atoms with Crippen LogP contribution >= 0.6 is 39.7 Å². The first-order chi connectivity index (χ1) is 6.54. The predicted octanol–water partition coefficient (Wildman–Crippen LogP) is 2.72. The van der Waals surface area contributed by atoms with E-state index < -0.39 is 0 Å². The van der Waals surface area contributed by atoms with Gasteiger partial charge in [-0.1, -0.05) is 11.6 Å². The van der Waals surface area contributed by atoms with Gasteiger partial charge in [0.25, 0.3) is 0 Å². The monoisotopic (exact) mass is 293 g/mol. The lowest BCUT2D eigenvalue weighted by Gasteiger charge is -2.09. The molecule has 0 spiro atoms. The van der Waals surface area contributed by atoms with Crippen molar-refractivity contribution in [3.63, 3.8) is 0 Å². The van der Waals surface area contributed by atoms with Gasteiger partial charge in [0.15, 0.2) is 10.9 Å². The second-order valence-corrected chi connectivity index (χ2v) is 4.26. The Hall–Kier alpha value is -0.390. The Morgan fingerprint density at radius 3 is 2.86 bits per heavy atom. The number of aryl methyl sites for hydroxylation is 1. The van der Waals surface area contributed by atoms with E-state index in [0.29, 0.717) is 16.0 Å². The van der Waals surface area contributed by atoms with Gasteiger partial charge < -0.3 is 10.6 Å². The summed E-state index contributed by atoms with van der Waals surface area (Å²) in [4.78, 5) is 4.24. The number of anilines is 1. The molecule has 0 unspecified atom stereocenters. The average Bonchev–Trinajstić information content (AvgIpc) is 2.14. The quantitative estimate of drug-likeness (QED) is 0.781. The third kappa shape index (κ3) is 2.80. The molecule has 0 aliphatic carbocycles. The Labute approximate surface area is 101 Å². The van der Waals surface area contributed by atoms with Gasteiger partial charge in [-0.2, -0.15) is 0 Å². The van der Waals surface area contributed by atoms with Crippen LogP contribution in [-0.4, -0.2) is 17.1 Å². The van der Waals surface area contributed by atoms with Crippen LogP contribution in [0.3, 0.4) is 0 Å². The Balaban J connectivity index is 2.98. The Kier molecular flexibility index (Phi) is 4.10. The van der Waals surface area contributed by atoms with E-state index in [0.717, 1.165) is 10.2 Å². The number of thiocarbonyl (C=S) groups is 1. The summed E-state index contributed by atoms with van der Waals surface area (Å²) in [6.45, 7) is 1.88.